The molecule has 2 heteroatoms. The van der Waals surface area contributed by atoms with Gasteiger partial charge in [0.15, 0.2) is 0 Å². The van der Waals surface area contributed by atoms with Crippen LogP contribution >= 0.6 is 11.6 Å². The molecule has 0 radical (unpaired) electrons. The first kappa shape index (κ1) is 16.0. The van der Waals surface area contributed by atoms with E-state index >= 15 is 0 Å². The van der Waals surface area contributed by atoms with Gasteiger partial charge < -0.3 is 0 Å². The average Bonchev–Trinajstić information content (AvgIpc) is 2.20. The first-order valence-electron chi connectivity index (χ1n) is 6.50. The summed E-state index contributed by atoms with van der Waals surface area (Å²) in [6.07, 6.45) is 6.93. The Morgan fingerprint density at radius 3 is 2.38 bits per heavy atom. The largest absolute Gasteiger partial charge is 0.291 e. The molecule has 0 aromatic rings. The quantitative estimate of drug-likeness (QED) is 0.446. The van der Waals surface area contributed by atoms with Crippen LogP contribution in [0.2, 0.25) is 0 Å². The maximum Gasteiger partial charge on any atom is 0.0520 e. The predicted molar refractivity (Wildman–Crippen MR) is 75.8 cm³/mol. The molecule has 2 unspecified atom stereocenters. The number of hydrogen-bond donors (Lipinski definition) is 0. The molecule has 0 aromatic carbocycles. The highest BCUT2D eigenvalue weighted by Gasteiger charge is 2.12. The van der Waals surface area contributed by atoms with Crippen molar-refractivity contribution in [2.24, 2.45) is 16.8 Å². The van der Waals surface area contributed by atoms with Gasteiger partial charge in [-0.05, 0) is 51.9 Å². The Bertz CT molecular complexity index is 193. The number of alkyl halides is 1. The summed E-state index contributed by atoms with van der Waals surface area (Å²) in [7, 11) is 0. The molecular formula is C14H28ClN. The van der Waals surface area contributed by atoms with Gasteiger partial charge in [-0.2, -0.15) is 0 Å². The van der Waals surface area contributed by atoms with Crippen LogP contribution in [0.5, 0.6) is 0 Å². The summed E-state index contributed by atoms with van der Waals surface area (Å²) in [5.41, 5.74) is 0.0503. The number of aliphatic imine (C=N–C) groups is 1. The number of nitrogens with zero attached hydrogens (tertiary/aromatic N) is 1. The molecule has 0 aliphatic carbocycles. The fourth-order valence-corrected chi connectivity index (χ4v) is 1.76. The van der Waals surface area contributed by atoms with Gasteiger partial charge in [0, 0.05) is 12.1 Å². The second-order valence-electron chi connectivity index (χ2n) is 5.79. The Kier molecular flexibility index (Phi) is 8.09. The van der Waals surface area contributed by atoms with E-state index in [1.54, 1.807) is 0 Å². The minimum Gasteiger partial charge on any atom is -0.291 e. The van der Waals surface area contributed by atoms with Crippen molar-refractivity contribution in [2.75, 3.05) is 5.88 Å². The van der Waals surface area contributed by atoms with Crippen LogP contribution < -0.4 is 0 Å². The molecule has 0 aliphatic rings. The summed E-state index contributed by atoms with van der Waals surface area (Å²) in [5.74, 6) is 2.15. The van der Waals surface area contributed by atoms with E-state index in [9.17, 15) is 0 Å². The van der Waals surface area contributed by atoms with Crippen LogP contribution in [0.15, 0.2) is 4.99 Å². The second-order valence-corrected chi connectivity index (χ2v) is 6.17. The molecule has 0 heterocycles. The summed E-state index contributed by atoms with van der Waals surface area (Å²) in [4.78, 5) is 4.63. The van der Waals surface area contributed by atoms with E-state index in [1.165, 1.54) is 19.3 Å². The molecule has 0 fully saturated rings. The molecule has 16 heavy (non-hydrogen) atoms. The first-order valence-corrected chi connectivity index (χ1v) is 7.03. The predicted octanol–water partition coefficient (Wildman–Crippen LogP) is 4.93. The zero-order chi connectivity index (χ0) is 12.6. The molecule has 0 N–H and O–H groups in total. The lowest BCUT2D eigenvalue weighted by atomic mass is 9.91. The Labute approximate surface area is 107 Å². The minimum absolute atomic E-state index is 0.0503. The minimum atomic E-state index is 0.0503. The Hall–Kier alpha value is -0.0400. The third-order valence-electron chi connectivity index (χ3n) is 2.78. The molecular weight excluding hydrogens is 218 g/mol. The van der Waals surface area contributed by atoms with Gasteiger partial charge in [-0.3, -0.25) is 4.99 Å². The average molecular weight is 246 g/mol. The molecule has 0 saturated carbocycles. The van der Waals surface area contributed by atoms with E-state index in [-0.39, 0.29) is 5.54 Å². The number of halogens is 1. The SMILES string of the molecule is CCC(C)CC(C=NC(C)(C)C)CCCCl. The third kappa shape index (κ3) is 9.21. The standard InChI is InChI=1S/C14H28ClN/c1-6-12(2)10-13(8-7-9-15)11-16-14(3,4)5/h11-13H,6-10H2,1-5H3. The van der Waals surface area contributed by atoms with E-state index in [4.69, 9.17) is 11.6 Å². The highest BCUT2D eigenvalue weighted by atomic mass is 35.5. The molecule has 0 bridgehead atoms. The van der Waals surface area contributed by atoms with Gasteiger partial charge in [-0.25, -0.2) is 0 Å². The van der Waals surface area contributed by atoms with Crippen LogP contribution in [0.4, 0.5) is 0 Å². The topological polar surface area (TPSA) is 12.4 Å². The van der Waals surface area contributed by atoms with Gasteiger partial charge in [-0.1, -0.05) is 20.3 Å². The van der Waals surface area contributed by atoms with E-state index in [0.29, 0.717) is 5.92 Å². The van der Waals surface area contributed by atoms with Gasteiger partial charge >= 0.3 is 0 Å². The number of hydrogen-bond acceptors (Lipinski definition) is 1. The van der Waals surface area contributed by atoms with Crippen LogP contribution in [0.1, 0.15) is 60.3 Å². The van der Waals surface area contributed by atoms with Gasteiger partial charge in [0.25, 0.3) is 0 Å². The maximum atomic E-state index is 5.76. The number of rotatable bonds is 7. The second kappa shape index (κ2) is 8.11. The van der Waals surface area contributed by atoms with Gasteiger partial charge in [-0.15, -0.1) is 11.6 Å². The van der Waals surface area contributed by atoms with Crippen LogP contribution in [0.25, 0.3) is 0 Å². The van der Waals surface area contributed by atoms with Crippen molar-refractivity contribution >= 4 is 17.8 Å². The molecule has 96 valence electrons. The Morgan fingerprint density at radius 1 is 1.31 bits per heavy atom. The van der Waals surface area contributed by atoms with E-state index in [1.807, 2.05) is 0 Å². The lowest BCUT2D eigenvalue weighted by Crippen LogP contribution is -2.14. The van der Waals surface area contributed by atoms with Crippen molar-refractivity contribution in [1.82, 2.24) is 0 Å². The van der Waals surface area contributed by atoms with Crippen LogP contribution in [-0.2, 0) is 0 Å². The van der Waals surface area contributed by atoms with Crippen molar-refractivity contribution in [3.63, 3.8) is 0 Å². The molecule has 0 spiro atoms. The van der Waals surface area contributed by atoms with E-state index in [0.717, 1.165) is 18.2 Å². The summed E-state index contributed by atoms with van der Waals surface area (Å²) < 4.78 is 0. The molecule has 0 rings (SSSR count). The summed E-state index contributed by atoms with van der Waals surface area (Å²) in [6, 6.07) is 0. The summed E-state index contributed by atoms with van der Waals surface area (Å²) >= 11 is 5.76. The molecule has 0 aromatic heterocycles. The van der Waals surface area contributed by atoms with Gasteiger partial charge in [0.05, 0.1) is 5.54 Å². The first-order chi connectivity index (χ1) is 7.39. The van der Waals surface area contributed by atoms with Crippen molar-refractivity contribution in [1.29, 1.82) is 0 Å². The van der Waals surface area contributed by atoms with E-state index < -0.39 is 0 Å². The Balaban J connectivity index is 4.25. The lowest BCUT2D eigenvalue weighted by Gasteiger charge is -2.18. The fraction of sp³-hybridized carbons (Fsp3) is 0.929. The highest BCUT2D eigenvalue weighted by molar-refractivity contribution is 6.17. The van der Waals surface area contributed by atoms with Crippen LogP contribution in [0.3, 0.4) is 0 Å². The maximum absolute atomic E-state index is 5.76. The normalized spacial score (nSPS) is 16.6. The molecule has 0 saturated heterocycles. The van der Waals surface area contributed by atoms with Crippen molar-refractivity contribution in [3.8, 4) is 0 Å². The smallest absolute Gasteiger partial charge is 0.0520 e. The summed E-state index contributed by atoms with van der Waals surface area (Å²) in [5, 5.41) is 0. The van der Waals surface area contributed by atoms with Crippen molar-refractivity contribution in [3.05, 3.63) is 0 Å². The van der Waals surface area contributed by atoms with Gasteiger partial charge in [0.1, 0.15) is 0 Å². The van der Waals surface area contributed by atoms with Crippen molar-refractivity contribution < 1.29 is 0 Å². The molecule has 0 amide bonds. The van der Waals surface area contributed by atoms with E-state index in [2.05, 4.69) is 45.8 Å². The third-order valence-corrected chi connectivity index (χ3v) is 3.05. The van der Waals surface area contributed by atoms with Gasteiger partial charge in [0.2, 0.25) is 0 Å². The lowest BCUT2D eigenvalue weighted by molar-refractivity contribution is 0.433. The molecule has 0 aliphatic heterocycles. The molecule has 2 atom stereocenters. The van der Waals surface area contributed by atoms with Crippen LogP contribution in [0, 0.1) is 11.8 Å². The zero-order valence-electron chi connectivity index (χ0n) is 11.6. The fourth-order valence-electron chi connectivity index (χ4n) is 1.61. The molecule has 1 nitrogen and oxygen atoms in total. The summed E-state index contributed by atoms with van der Waals surface area (Å²) in [6.45, 7) is 11.0. The highest BCUT2D eigenvalue weighted by Crippen LogP contribution is 2.19. The monoisotopic (exact) mass is 245 g/mol. The zero-order valence-corrected chi connectivity index (χ0v) is 12.3. The van der Waals surface area contributed by atoms with Crippen molar-refractivity contribution in [2.45, 2.75) is 65.8 Å². The Morgan fingerprint density at radius 2 is 1.94 bits per heavy atom. The van der Waals surface area contributed by atoms with Crippen LogP contribution in [-0.4, -0.2) is 17.6 Å².